The Morgan fingerprint density at radius 3 is 2.71 bits per heavy atom. The Bertz CT molecular complexity index is 335. The molecule has 0 saturated heterocycles. The summed E-state index contributed by atoms with van der Waals surface area (Å²) in [6.45, 7) is 0. The molecule has 0 atom stereocenters. The normalized spacial score (nSPS) is 9.71. The van der Waals surface area contributed by atoms with E-state index in [1.54, 1.807) is 24.3 Å². The second-order valence-corrected chi connectivity index (χ2v) is 2.34. The number of hydrogen-bond acceptors (Lipinski definition) is 4. The molecule has 1 rings (SSSR count). The molecule has 1 N–H and O–H groups in total. The molecule has 14 heavy (non-hydrogen) atoms. The zero-order valence-electron chi connectivity index (χ0n) is 7.21. The molecule has 1 aromatic carbocycles. The Balaban J connectivity index is 2.45. The van der Waals surface area contributed by atoms with Gasteiger partial charge in [0, 0.05) is 11.8 Å². The maximum atomic E-state index is 11.1. The second-order valence-electron chi connectivity index (χ2n) is 2.34. The van der Waals surface area contributed by atoms with Crippen molar-refractivity contribution in [2.24, 2.45) is 5.34 Å². The van der Waals surface area contributed by atoms with Crippen LogP contribution in [0.2, 0.25) is 0 Å². The average Bonchev–Trinajstić information content (AvgIpc) is 2.20. The fourth-order valence-electron chi connectivity index (χ4n) is 0.822. The minimum Gasteiger partial charge on any atom is -0.332 e. The molecule has 0 saturated carbocycles. The van der Waals surface area contributed by atoms with Crippen molar-refractivity contribution in [2.45, 2.75) is 0 Å². The second kappa shape index (κ2) is 5.47. The molecule has 1 aromatic rings. The summed E-state index contributed by atoms with van der Waals surface area (Å²) in [5.41, 5.74) is 0.668. The van der Waals surface area contributed by atoms with Gasteiger partial charge in [0.1, 0.15) is 6.26 Å². The van der Waals surface area contributed by atoms with E-state index in [1.165, 1.54) is 0 Å². The van der Waals surface area contributed by atoms with Gasteiger partial charge >= 0.3 is 0 Å². The van der Waals surface area contributed by atoms with Gasteiger partial charge < -0.3 is 10.2 Å². The van der Waals surface area contributed by atoms with Crippen LogP contribution in [0.25, 0.3) is 0 Å². The van der Waals surface area contributed by atoms with E-state index in [2.05, 4.69) is 15.5 Å². The van der Waals surface area contributed by atoms with E-state index in [-0.39, 0.29) is 5.91 Å². The lowest BCUT2D eigenvalue weighted by Gasteiger charge is -1.99. The van der Waals surface area contributed by atoms with E-state index >= 15 is 0 Å². The van der Waals surface area contributed by atoms with Gasteiger partial charge in [-0.2, -0.15) is 0 Å². The van der Waals surface area contributed by atoms with Gasteiger partial charge in [0.05, 0.1) is 0 Å². The van der Waals surface area contributed by atoms with E-state index in [9.17, 15) is 9.70 Å². The fraction of sp³-hybridized carbons (Fsp3) is 0. The van der Waals surface area contributed by atoms with Crippen molar-refractivity contribution in [3.8, 4) is 0 Å². The van der Waals surface area contributed by atoms with Gasteiger partial charge in [0.25, 0.3) is 5.91 Å². The summed E-state index contributed by atoms with van der Waals surface area (Å²) in [7, 11) is 0. The highest BCUT2D eigenvalue weighted by atomic mass is 16.7. The summed E-state index contributed by atoms with van der Waals surface area (Å²) in [6.07, 6.45) is 1.97. The van der Waals surface area contributed by atoms with Gasteiger partial charge in [0.2, 0.25) is 0 Å². The number of nitrogens with one attached hydrogen (secondary N) is 1. The molecule has 5 heteroatoms. The van der Waals surface area contributed by atoms with Crippen molar-refractivity contribution in [1.82, 2.24) is 0 Å². The predicted octanol–water partition coefficient (Wildman–Crippen LogP) is 1.84. The van der Waals surface area contributed by atoms with Crippen molar-refractivity contribution in [1.29, 1.82) is 0 Å². The summed E-state index contributed by atoms with van der Waals surface area (Å²) in [4.78, 5) is 24.5. The number of hydrogen-bond donors (Lipinski definition) is 1. The number of rotatable bonds is 4. The zero-order chi connectivity index (χ0) is 10.2. The standard InChI is InChI=1S/C9H8N2O3/c12-9(6-7-14-11-13)10-8-4-2-1-3-5-8/h1-7H,(H,10,12)/b7-6-. The number of nitrogens with zero attached hydrogens (tertiary/aromatic N) is 1. The minimum atomic E-state index is -0.389. The summed E-state index contributed by atoms with van der Waals surface area (Å²) >= 11 is 0. The number of carbonyl (C=O) groups excluding carboxylic acids is 1. The summed E-state index contributed by atoms with van der Waals surface area (Å²) in [5, 5.41) is 4.65. The summed E-state index contributed by atoms with van der Waals surface area (Å²) < 4.78 is 0. The van der Waals surface area contributed by atoms with Gasteiger partial charge in [-0.1, -0.05) is 18.2 Å². The summed E-state index contributed by atoms with van der Waals surface area (Å²) in [6, 6.07) is 8.91. The lowest BCUT2D eigenvalue weighted by Crippen LogP contribution is -2.07. The number of carbonyl (C=O) groups is 1. The molecule has 0 aliphatic heterocycles. The van der Waals surface area contributed by atoms with Crippen LogP contribution in [-0.2, 0) is 9.63 Å². The molecule has 0 fully saturated rings. The highest BCUT2D eigenvalue weighted by Crippen LogP contribution is 2.04. The minimum absolute atomic E-state index is 0.389. The van der Waals surface area contributed by atoms with Crippen molar-refractivity contribution in [3.63, 3.8) is 0 Å². The molecule has 0 heterocycles. The molecule has 0 bridgehead atoms. The smallest absolute Gasteiger partial charge is 0.251 e. The number of benzene rings is 1. The predicted molar refractivity (Wildman–Crippen MR) is 51.1 cm³/mol. The SMILES string of the molecule is O=NO/C=C\C(=O)Nc1ccccc1. The van der Waals surface area contributed by atoms with Crippen LogP contribution in [0.5, 0.6) is 0 Å². The lowest BCUT2D eigenvalue weighted by molar-refractivity contribution is -0.112. The van der Waals surface area contributed by atoms with Crippen molar-refractivity contribution in [3.05, 3.63) is 47.6 Å². The van der Waals surface area contributed by atoms with Crippen LogP contribution in [0.3, 0.4) is 0 Å². The van der Waals surface area contributed by atoms with Crippen LogP contribution >= 0.6 is 0 Å². The van der Waals surface area contributed by atoms with Gasteiger partial charge in [-0.05, 0) is 12.1 Å². The van der Waals surface area contributed by atoms with Crippen LogP contribution in [0.1, 0.15) is 0 Å². The topological polar surface area (TPSA) is 67.8 Å². The number of amides is 1. The highest BCUT2D eigenvalue weighted by Gasteiger charge is 1.95. The van der Waals surface area contributed by atoms with Gasteiger partial charge in [0.15, 0.2) is 5.34 Å². The molecular weight excluding hydrogens is 184 g/mol. The molecular formula is C9H8N2O3. The molecule has 0 aliphatic rings. The molecule has 0 radical (unpaired) electrons. The van der Waals surface area contributed by atoms with Crippen LogP contribution in [0.4, 0.5) is 5.69 Å². The molecule has 0 aliphatic carbocycles. The van der Waals surface area contributed by atoms with Crippen molar-refractivity contribution in [2.75, 3.05) is 5.32 Å². The molecule has 1 amide bonds. The maximum Gasteiger partial charge on any atom is 0.251 e. The first-order valence-electron chi connectivity index (χ1n) is 3.84. The van der Waals surface area contributed by atoms with Gasteiger partial charge in [-0.15, -0.1) is 4.91 Å². The summed E-state index contributed by atoms with van der Waals surface area (Å²) in [5.74, 6) is -0.389. The van der Waals surface area contributed by atoms with E-state index in [4.69, 9.17) is 0 Å². The third-order valence-electron chi connectivity index (χ3n) is 1.36. The zero-order valence-corrected chi connectivity index (χ0v) is 7.21. The van der Waals surface area contributed by atoms with Crippen molar-refractivity contribution < 1.29 is 9.63 Å². The van der Waals surface area contributed by atoms with E-state index in [0.717, 1.165) is 12.3 Å². The fourth-order valence-corrected chi connectivity index (χ4v) is 0.822. The van der Waals surface area contributed by atoms with Gasteiger partial charge in [-0.25, -0.2) is 0 Å². The van der Waals surface area contributed by atoms with Crippen LogP contribution in [0, 0.1) is 4.91 Å². The van der Waals surface area contributed by atoms with Crippen LogP contribution < -0.4 is 5.32 Å². The molecule has 0 unspecified atom stereocenters. The van der Waals surface area contributed by atoms with Crippen LogP contribution in [-0.4, -0.2) is 5.91 Å². The Labute approximate surface area is 80.3 Å². The van der Waals surface area contributed by atoms with Crippen LogP contribution in [0.15, 0.2) is 48.0 Å². The Hall–Kier alpha value is -2.17. The molecule has 72 valence electrons. The van der Waals surface area contributed by atoms with E-state index in [1.807, 2.05) is 6.07 Å². The maximum absolute atomic E-state index is 11.1. The number of para-hydroxylation sites is 1. The first-order valence-corrected chi connectivity index (χ1v) is 3.84. The third-order valence-corrected chi connectivity index (χ3v) is 1.36. The number of anilines is 1. The quantitative estimate of drug-likeness (QED) is 0.342. The molecule has 5 nitrogen and oxygen atoms in total. The van der Waals surface area contributed by atoms with Gasteiger partial charge in [-0.3, -0.25) is 4.79 Å². The largest absolute Gasteiger partial charge is 0.332 e. The first kappa shape index (κ1) is 9.91. The van der Waals surface area contributed by atoms with Crippen molar-refractivity contribution >= 4 is 11.6 Å². The monoisotopic (exact) mass is 192 g/mol. The first-order chi connectivity index (χ1) is 6.83. The Morgan fingerprint density at radius 2 is 2.07 bits per heavy atom. The van der Waals surface area contributed by atoms with E-state index in [0.29, 0.717) is 5.69 Å². The highest BCUT2D eigenvalue weighted by molar-refractivity contribution is 5.99. The molecule has 0 aromatic heterocycles. The third kappa shape index (κ3) is 3.48. The Morgan fingerprint density at radius 1 is 1.36 bits per heavy atom. The molecule has 0 spiro atoms. The lowest BCUT2D eigenvalue weighted by atomic mass is 10.3. The van der Waals surface area contributed by atoms with E-state index < -0.39 is 0 Å². The average molecular weight is 192 g/mol. The Kier molecular flexibility index (Phi) is 3.87.